The zero-order valence-corrected chi connectivity index (χ0v) is 13.5. The molecule has 0 radical (unpaired) electrons. The Morgan fingerprint density at radius 2 is 1.94 bits per heavy atom. The Hall–Kier alpha value is 0.270. The third kappa shape index (κ3) is 2.99. The smallest absolute Gasteiger partial charge is 0.0931 e. The summed E-state index contributed by atoms with van der Waals surface area (Å²) in [6.45, 7) is 2.02. The molecule has 17 heavy (non-hydrogen) atoms. The number of benzene rings is 1. The molecular weight excluding hydrogens is 362 g/mol. The van der Waals surface area contributed by atoms with Gasteiger partial charge in [0.05, 0.1) is 14.2 Å². The van der Waals surface area contributed by atoms with Crippen LogP contribution in [0, 0.1) is 6.92 Å². The highest BCUT2D eigenvalue weighted by Gasteiger charge is 2.17. The van der Waals surface area contributed by atoms with E-state index in [1.54, 1.807) is 11.3 Å². The second-order valence-corrected chi connectivity index (χ2v) is 7.32. The number of halogens is 4. The van der Waals surface area contributed by atoms with Crippen LogP contribution < -0.4 is 0 Å². The number of aryl methyl sites for hydroxylation is 1. The molecule has 0 aliphatic carbocycles. The predicted octanol–water partition coefficient (Wildman–Crippen LogP) is 6.45. The van der Waals surface area contributed by atoms with Gasteiger partial charge in [0.25, 0.3) is 0 Å². The van der Waals surface area contributed by atoms with E-state index in [1.807, 2.05) is 31.2 Å². The van der Waals surface area contributed by atoms with E-state index >= 15 is 0 Å². The first-order valence-corrected chi connectivity index (χ1v) is 7.64. The van der Waals surface area contributed by atoms with Gasteiger partial charge in [-0.05, 0) is 52.2 Å². The molecule has 0 spiro atoms. The first-order valence-electron chi connectivity index (χ1n) is 4.84. The summed E-state index contributed by atoms with van der Waals surface area (Å²) in [5.74, 6) is 0. The van der Waals surface area contributed by atoms with Crippen LogP contribution in [-0.4, -0.2) is 0 Å². The van der Waals surface area contributed by atoms with Crippen molar-refractivity contribution in [2.45, 2.75) is 12.3 Å². The molecule has 0 amide bonds. The Morgan fingerprint density at radius 1 is 1.24 bits per heavy atom. The van der Waals surface area contributed by atoms with Gasteiger partial charge in [-0.1, -0.05) is 29.3 Å². The number of rotatable bonds is 2. The molecular formula is C12H8BrCl3S. The molecule has 1 unspecified atom stereocenters. The number of hydrogen-bond acceptors (Lipinski definition) is 1. The maximum absolute atomic E-state index is 6.47. The van der Waals surface area contributed by atoms with Crippen LogP contribution in [0.4, 0.5) is 0 Å². The average Bonchev–Trinajstić information content (AvgIpc) is 2.62. The van der Waals surface area contributed by atoms with Crippen LogP contribution in [0.3, 0.4) is 0 Å². The standard InChI is InChI=1S/C12H8BrCl3S/c1-6-2-3-7(14)4-8(6)11(16)10-5-9(15)12(13)17-10/h2-5,11H,1H3. The van der Waals surface area contributed by atoms with Crippen molar-refractivity contribution >= 4 is 62.1 Å². The summed E-state index contributed by atoms with van der Waals surface area (Å²) in [5.41, 5.74) is 2.14. The van der Waals surface area contributed by atoms with Crippen molar-refractivity contribution < 1.29 is 0 Å². The van der Waals surface area contributed by atoms with E-state index in [9.17, 15) is 0 Å². The molecule has 1 heterocycles. The van der Waals surface area contributed by atoms with E-state index in [4.69, 9.17) is 34.8 Å². The van der Waals surface area contributed by atoms with E-state index in [0.29, 0.717) is 10.0 Å². The predicted molar refractivity (Wildman–Crippen MR) is 80.9 cm³/mol. The average molecular weight is 371 g/mol. The van der Waals surface area contributed by atoms with Crippen molar-refractivity contribution in [1.82, 2.24) is 0 Å². The second-order valence-electron chi connectivity index (χ2n) is 3.63. The molecule has 5 heteroatoms. The summed E-state index contributed by atoms with van der Waals surface area (Å²) in [6, 6.07) is 7.61. The maximum Gasteiger partial charge on any atom is 0.0931 e. The Bertz CT molecular complexity index is 531. The highest BCUT2D eigenvalue weighted by molar-refractivity contribution is 9.11. The van der Waals surface area contributed by atoms with E-state index in [0.717, 1.165) is 19.8 Å². The zero-order chi connectivity index (χ0) is 12.6. The third-order valence-electron chi connectivity index (χ3n) is 2.43. The largest absolute Gasteiger partial charge is 0.130 e. The lowest BCUT2D eigenvalue weighted by atomic mass is 10.0. The Morgan fingerprint density at radius 3 is 2.53 bits per heavy atom. The van der Waals surface area contributed by atoms with Crippen LogP contribution in [0.2, 0.25) is 10.0 Å². The molecule has 0 N–H and O–H groups in total. The molecule has 1 aromatic carbocycles. The molecule has 0 saturated carbocycles. The summed E-state index contributed by atoms with van der Waals surface area (Å²) < 4.78 is 0.902. The minimum Gasteiger partial charge on any atom is -0.130 e. The minimum absolute atomic E-state index is 0.220. The Labute approximate surface area is 128 Å². The second kappa shape index (κ2) is 5.50. The van der Waals surface area contributed by atoms with Crippen molar-refractivity contribution in [2.24, 2.45) is 0 Å². The van der Waals surface area contributed by atoms with Crippen molar-refractivity contribution in [3.8, 4) is 0 Å². The number of thiophene rings is 1. The molecule has 90 valence electrons. The fourth-order valence-corrected chi connectivity index (χ4v) is 3.88. The quantitative estimate of drug-likeness (QED) is 0.533. The summed E-state index contributed by atoms with van der Waals surface area (Å²) in [4.78, 5) is 1.01. The molecule has 0 bridgehead atoms. The Balaban J connectivity index is 2.42. The molecule has 1 atom stereocenters. The van der Waals surface area contributed by atoms with Gasteiger partial charge in [0.15, 0.2) is 0 Å². The van der Waals surface area contributed by atoms with Gasteiger partial charge in [-0.15, -0.1) is 22.9 Å². The molecule has 2 aromatic rings. The van der Waals surface area contributed by atoms with Crippen LogP contribution in [0.25, 0.3) is 0 Å². The fourth-order valence-electron chi connectivity index (χ4n) is 1.53. The summed E-state index contributed by atoms with van der Waals surface area (Å²) >= 11 is 23.4. The van der Waals surface area contributed by atoms with Gasteiger partial charge in [0, 0.05) is 9.90 Å². The van der Waals surface area contributed by atoms with E-state index in [1.165, 1.54) is 0 Å². The zero-order valence-electron chi connectivity index (χ0n) is 8.81. The van der Waals surface area contributed by atoms with Gasteiger partial charge in [-0.3, -0.25) is 0 Å². The SMILES string of the molecule is Cc1ccc(Cl)cc1C(Cl)c1cc(Cl)c(Br)s1. The molecule has 0 fully saturated rings. The molecule has 0 saturated heterocycles. The lowest BCUT2D eigenvalue weighted by Gasteiger charge is -2.11. The lowest BCUT2D eigenvalue weighted by molar-refractivity contribution is 1.15. The molecule has 1 aromatic heterocycles. The molecule has 0 nitrogen and oxygen atoms in total. The highest BCUT2D eigenvalue weighted by Crippen LogP contribution is 2.41. The van der Waals surface area contributed by atoms with Crippen molar-refractivity contribution in [3.05, 3.63) is 54.1 Å². The van der Waals surface area contributed by atoms with E-state index in [-0.39, 0.29) is 5.38 Å². The molecule has 0 aliphatic rings. The third-order valence-corrected chi connectivity index (χ3v) is 5.80. The maximum atomic E-state index is 6.47. The highest BCUT2D eigenvalue weighted by atomic mass is 79.9. The van der Waals surface area contributed by atoms with Gasteiger partial charge in [-0.2, -0.15) is 0 Å². The van der Waals surface area contributed by atoms with Crippen LogP contribution in [0.1, 0.15) is 21.4 Å². The van der Waals surface area contributed by atoms with E-state index < -0.39 is 0 Å². The summed E-state index contributed by atoms with van der Waals surface area (Å²) in [6.07, 6.45) is 0. The van der Waals surface area contributed by atoms with Gasteiger partial charge >= 0.3 is 0 Å². The van der Waals surface area contributed by atoms with Gasteiger partial charge in [0.2, 0.25) is 0 Å². The molecule has 0 aliphatic heterocycles. The van der Waals surface area contributed by atoms with Gasteiger partial charge in [-0.25, -0.2) is 0 Å². The molecule has 2 rings (SSSR count). The lowest BCUT2D eigenvalue weighted by Crippen LogP contribution is -1.93. The van der Waals surface area contributed by atoms with Gasteiger partial charge < -0.3 is 0 Å². The van der Waals surface area contributed by atoms with Crippen LogP contribution >= 0.6 is 62.1 Å². The number of hydrogen-bond donors (Lipinski definition) is 0. The first-order chi connectivity index (χ1) is 7.99. The summed E-state index contributed by atoms with van der Waals surface area (Å²) in [5, 5.41) is 1.16. The number of alkyl halides is 1. The van der Waals surface area contributed by atoms with Crippen molar-refractivity contribution in [1.29, 1.82) is 0 Å². The van der Waals surface area contributed by atoms with Gasteiger partial charge in [0.1, 0.15) is 0 Å². The fraction of sp³-hybridized carbons (Fsp3) is 0.167. The normalized spacial score (nSPS) is 12.8. The van der Waals surface area contributed by atoms with Crippen LogP contribution in [0.5, 0.6) is 0 Å². The minimum atomic E-state index is -0.220. The van der Waals surface area contributed by atoms with E-state index in [2.05, 4.69) is 15.9 Å². The first kappa shape index (κ1) is 13.7. The summed E-state index contributed by atoms with van der Waals surface area (Å²) in [7, 11) is 0. The Kier molecular flexibility index (Phi) is 4.43. The van der Waals surface area contributed by atoms with Crippen LogP contribution in [-0.2, 0) is 0 Å². The van der Waals surface area contributed by atoms with Crippen LogP contribution in [0.15, 0.2) is 28.1 Å². The topological polar surface area (TPSA) is 0 Å². The van der Waals surface area contributed by atoms with Crippen molar-refractivity contribution in [3.63, 3.8) is 0 Å². The monoisotopic (exact) mass is 368 g/mol. The van der Waals surface area contributed by atoms with Crippen molar-refractivity contribution in [2.75, 3.05) is 0 Å².